The molecule has 0 spiro atoms. The van der Waals surface area contributed by atoms with E-state index < -0.39 is 7.92 Å². The van der Waals surface area contributed by atoms with Crippen molar-refractivity contribution in [1.29, 1.82) is 0 Å². The minimum absolute atomic E-state index is 0.259. The molecule has 0 aliphatic rings. The van der Waals surface area contributed by atoms with Crippen molar-refractivity contribution in [1.82, 2.24) is 0 Å². The SMILES string of the molecule is COCOc1ccccc1Pc1c(C)cccc1CP(c1ccccc1)c1ccccc1. The maximum absolute atomic E-state index is 5.85. The Morgan fingerprint density at radius 1 is 0.719 bits per heavy atom. The Balaban J connectivity index is 1.70. The first-order valence-corrected chi connectivity index (χ1v) is 13.2. The first-order valence-electron chi connectivity index (χ1n) is 10.7. The van der Waals surface area contributed by atoms with Gasteiger partial charge >= 0.3 is 0 Å². The number of ether oxygens (including phenoxy) is 2. The van der Waals surface area contributed by atoms with Crippen LogP contribution in [0, 0.1) is 6.92 Å². The molecule has 0 radical (unpaired) electrons. The van der Waals surface area contributed by atoms with Gasteiger partial charge in [0.1, 0.15) is 5.75 Å². The fraction of sp³-hybridized carbons (Fsp3) is 0.143. The third kappa shape index (κ3) is 5.64. The summed E-state index contributed by atoms with van der Waals surface area (Å²) < 4.78 is 11.0. The summed E-state index contributed by atoms with van der Waals surface area (Å²) in [6.07, 6.45) is 1.02. The highest BCUT2D eigenvalue weighted by Crippen LogP contribution is 2.38. The second kappa shape index (κ2) is 11.4. The maximum atomic E-state index is 5.85. The zero-order valence-electron chi connectivity index (χ0n) is 18.5. The minimum atomic E-state index is -0.494. The van der Waals surface area contributed by atoms with Gasteiger partial charge in [-0.25, -0.2) is 0 Å². The topological polar surface area (TPSA) is 18.5 Å². The van der Waals surface area contributed by atoms with Crippen molar-refractivity contribution in [3.8, 4) is 5.75 Å². The lowest BCUT2D eigenvalue weighted by Crippen LogP contribution is -2.18. The van der Waals surface area contributed by atoms with Crippen LogP contribution in [-0.4, -0.2) is 13.9 Å². The summed E-state index contributed by atoms with van der Waals surface area (Å²) in [4.78, 5) is 0. The van der Waals surface area contributed by atoms with Crippen molar-refractivity contribution in [3.63, 3.8) is 0 Å². The van der Waals surface area contributed by atoms with Crippen LogP contribution in [0.5, 0.6) is 5.75 Å². The zero-order valence-corrected chi connectivity index (χ0v) is 20.4. The van der Waals surface area contributed by atoms with Gasteiger partial charge in [0.2, 0.25) is 0 Å². The van der Waals surface area contributed by atoms with Crippen LogP contribution < -0.4 is 26.0 Å². The highest BCUT2D eigenvalue weighted by atomic mass is 31.1. The number of benzene rings is 4. The molecule has 0 bridgehead atoms. The molecule has 4 aromatic rings. The van der Waals surface area contributed by atoms with Gasteiger partial charge in [-0.2, -0.15) is 0 Å². The molecule has 0 saturated heterocycles. The van der Waals surface area contributed by atoms with Crippen molar-refractivity contribution in [2.24, 2.45) is 0 Å². The van der Waals surface area contributed by atoms with Gasteiger partial charge in [-0.05, 0) is 48.0 Å². The van der Waals surface area contributed by atoms with Crippen LogP contribution in [0.15, 0.2) is 103 Å². The quantitative estimate of drug-likeness (QED) is 0.252. The molecule has 0 aliphatic heterocycles. The molecule has 0 N–H and O–H groups in total. The van der Waals surface area contributed by atoms with Crippen molar-refractivity contribution < 1.29 is 9.47 Å². The third-order valence-corrected chi connectivity index (χ3v) is 9.45. The number of hydrogen-bond acceptors (Lipinski definition) is 2. The van der Waals surface area contributed by atoms with Crippen molar-refractivity contribution in [2.45, 2.75) is 13.1 Å². The van der Waals surface area contributed by atoms with Crippen LogP contribution in [0.1, 0.15) is 11.1 Å². The Labute approximate surface area is 194 Å². The average Bonchev–Trinajstić information content (AvgIpc) is 2.85. The average molecular weight is 458 g/mol. The number of para-hydroxylation sites is 1. The predicted octanol–water partition coefficient (Wildman–Crippen LogP) is 5.24. The largest absolute Gasteiger partial charge is 0.467 e. The van der Waals surface area contributed by atoms with Gasteiger partial charge in [-0.3, -0.25) is 0 Å². The number of rotatable bonds is 9. The zero-order chi connectivity index (χ0) is 22.2. The van der Waals surface area contributed by atoms with E-state index in [9.17, 15) is 0 Å². The van der Waals surface area contributed by atoms with E-state index in [1.807, 2.05) is 12.1 Å². The van der Waals surface area contributed by atoms with Gasteiger partial charge in [-0.15, -0.1) is 0 Å². The lowest BCUT2D eigenvalue weighted by molar-refractivity contribution is 0.0519. The van der Waals surface area contributed by atoms with E-state index in [0.717, 1.165) is 11.9 Å². The van der Waals surface area contributed by atoms with Crippen LogP contribution in [0.4, 0.5) is 0 Å². The summed E-state index contributed by atoms with van der Waals surface area (Å²) in [5.74, 6) is 0.898. The van der Waals surface area contributed by atoms with Crippen LogP contribution in [0.2, 0.25) is 0 Å². The molecular formula is C28H28O2P2. The van der Waals surface area contributed by atoms with E-state index >= 15 is 0 Å². The summed E-state index contributed by atoms with van der Waals surface area (Å²) in [5.41, 5.74) is 2.75. The Morgan fingerprint density at radius 3 is 2.00 bits per heavy atom. The van der Waals surface area contributed by atoms with Crippen LogP contribution >= 0.6 is 16.5 Å². The molecule has 4 heteroatoms. The first kappa shape index (κ1) is 22.7. The van der Waals surface area contributed by atoms with E-state index in [-0.39, 0.29) is 6.79 Å². The van der Waals surface area contributed by atoms with E-state index in [0.29, 0.717) is 8.58 Å². The van der Waals surface area contributed by atoms with Gasteiger partial charge in [0.25, 0.3) is 0 Å². The normalized spacial score (nSPS) is 11.3. The summed E-state index contributed by atoms with van der Waals surface area (Å²) in [7, 11) is 1.69. The molecule has 4 rings (SSSR count). The van der Waals surface area contributed by atoms with Gasteiger partial charge in [0, 0.05) is 18.6 Å². The Kier molecular flexibility index (Phi) is 8.07. The molecule has 4 aromatic carbocycles. The van der Waals surface area contributed by atoms with E-state index in [4.69, 9.17) is 9.47 Å². The Morgan fingerprint density at radius 2 is 1.34 bits per heavy atom. The molecule has 0 saturated carbocycles. The van der Waals surface area contributed by atoms with Gasteiger partial charge in [0.15, 0.2) is 6.79 Å². The van der Waals surface area contributed by atoms with Gasteiger partial charge in [0.05, 0.1) is 0 Å². The van der Waals surface area contributed by atoms with E-state index in [2.05, 4.69) is 97.9 Å². The second-order valence-corrected chi connectivity index (χ2v) is 11.0. The molecule has 0 aromatic heterocycles. The lowest BCUT2D eigenvalue weighted by Gasteiger charge is -2.22. The molecular weight excluding hydrogens is 430 g/mol. The predicted molar refractivity (Wildman–Crippen MR) is 140 cm³/mol. The van der Waals surface area contributed by atoms with Crippen molar-refractivity contribution in [2.75, 3.05) is 13.9 Å². The van der Waals surface area contributed by atoms with Crippen LogP contribution in [-0.2, 0) is 10.9 Å². The maximum Gasteiger partial charge on any atom is 0.188 e. The molecule has 0 amide bonds. The summed E-state index contributed by atoms with van der Waals surface area (Å²) in [6.45, 7) is 2.48. The van der Waals surface area contributed by atoms with E-state index in [1.54, 1.807) is 7.11 Å². The van der Waals surface area contributed by atoms with Crippen molar-refractivity contribution >= 4 is 37.7 Å². The van der Waals surface area contributed by atoms with Gasteiger partial charge < -0.3 is 9.47 Å². The standard InChI is InChI=1S/C28H28O2P2/c1-22-12-11-13-23(28(22)31-27-19-10-9-18-26(27)30-21-29-2)20-32(24-14-5-3-6-15-24)25-16-7-4-8-17-25/h3-19,31H,20-21H2,1-2H3. The lowest BCUT2D eigenvalue weighted by atomic mass is 10.1. The number of methoxy groups -OCH3 is 1. The molecule has 0 heterocycles. The molecule has 1 unspecified atom stereocenters. The number of aryl methyl sites for hydroxylation is 1. The number of hydrogen-bond donors (Lipinski definition) is 0. The molecule has 2 nitrogen and oxygen atoms in total. The molecule has 0 fully saturated rings. The molecule has 162 valence electrons. The highest BCUT2D eigenvalue weighted by Gasteiger charge is 2.18. The van der Waals surface area contributed by atoms with Crippen LogP contribution in [0.25, 0.3) is 0 Å². The van der Waals surface area contributed by atoms with Crippen molar-refractivity contribution in [3.05, 3.63) is 114 Å². The molecule has 0 aliphatic carbocycles. The van der Waals surface area contributed by atoms with Gasteiger partial charge in [-0.1, -0.05) is 106 Å². The molecule has 1 atom stereocenters. The third-order valence-electron chi connectivity index (χ3n) is 5.30. The monoisotopic (exact) mass is 458 g/mol. The highest BCUT2D eigenvalue weighted by molar-refractivity contribution is 7.72. The smallest absolute Gasteiger partial charge is 0.188 e. The fourth-order valence-corrected chi connectivity index (χ4v) is 7.53. The summed E-state index contributed by atoms with van der Waals surface area (Å²) in [6, 6.07) is 36.9. The van der Waals surface area contributed by atoms with Crippen LogP contribution in [0.3, 0.4) is 0 Å². The molecule has 32 heavy (non-hydrogen) atoms. The Bertz CT molecular complexity index is 1090. The second-order valence-electron chi connectivity index (χ2n) is 7.54. The van der Waals surface area contributed by atoms with E-state index in [1.165, 1.54) is 32.3 Å². The minimum Gasteiger partial charge on any atom is -0.467 e. The fourth-order valence-electron chi connectivity index (χ4n) is 3.71. The first-order chi connectivity index (χ1) is 15.8. The summed E-state index contributed by atoms with van der Waals surface area (Å²) in [5, 5.41) is 5.45. The Hall–Kier alpha value is -2.50. The summed E-state index contributed by atoms with van der Waals surface area (Å²) >= 11 is 0.